The van der Waals surface area contributed by atoms with Crippen molar-refractivity contribution in [2.45, 2.75) is 70.7 Å². The average Bonchev–Trinajstić information content (AvgIpc) is 2.67. The number of aliphatic hydroxyl groups is 1. The van der Waals surface area contributed by atoms with Gasteiger partial charge in [0.15, 0.2) is 0 Å². The minimum absolute atomic E-state index is 0.0175. The molecule has 112 valence electrons. The van der Waals surface area contributed by atoms with Crippen molar-refractivity contribution in [1.82, 2.24) is 10.6 Å². The number of hydrogen-bond donors (Lipinski definition) is 3. The smallest absolute Gasteiger partial charge is 0.237 e. The van der Waals surface area contributed by atoms with Gasteiger partial charge in [-0.25, -0.2) is 0 Å². The van der Waals surface area contributed by atoms with Gasteiger partial charge in [-0.2, -0.15) is 0 Å². The highest BCUT2D eigenvalue weighted by Crippen LogP contribution is 2.24. The maximum Gasteiger partial charge on any atom is 0.237 e. The molecule has 0 bridgehead atoms. The first-order valence-corrected chi connectivity index (χ1v) is 7.26. The van der Waals surface area contributed by atoms with Crippen LogP contribution in [0.2, 0.25) is 0 Å². The van der Waals surface area contributed by atoms with Crippen LogP contribution < -0.4 is 10.6 Å². The Kier molecular flexibility index (Phi) is 6.23. The third-order valence-corrected chi connectivity index (χ3v) is 3.88. The quantitative estimate of drug-likeness (QED) is 0.641. The summed E-state index contributed by atoms with van der Waals surface area (Å²) in [5.41, 5.74) is -0.858. The molecule has 0 aromatic rings. The van der Waals surface area contributed by atoms with E-state index in [-0.39, 0.29) is 24.1 Å². The first-order valence-electron chi connectivity index (χ1n) is 7.26. The molecule has 1 aliphatic rings. The van der Waals surface area contributed by atoms with Crippen LogP contribution in [-0.2, 0) is 9.53 Å². The minimum atomic E-state index is -0.858. The van der Waals surface area contributed by atoms with Gasteiger partial charge in [-0.15, -0.1) is 0 Å². The molecule has 5 heteroatoms. The number of nitrogens with one attached hydrogen (secondary N) is 2. The number of ether oxygens (including phenoxy) is 1. The minimum Gasteiger partial charge on any atom is -0.386 e. The van der Waals surface area contributed by atoms with Gasteiger partial charge in [-0.1, -0.05) is 13.3 Å². The van der Waals surface area contributed by atoms with Gasteiger partial charge in [0.2, 0.25) is 5.91 Å². The van der Waals surface area contributed by atoms with Crippen molar-refractivity contribution in [3.8, 4) is 0 Å². The topological polar surface area (TPSA) is 70.6 Å². The van der Waals surface area contributed by atoms with Crippen LogP contribution in [0.5, 0.6) is 0 Å². The molecule has 4 atom stereocenters. The molecule has 19 heavy (non-hydrogen) atoms. The van der Waals surface area contributed by atoms with Crippen LogP contribution in [0.15, 0.2) is 0 Å². The zero-order valence-corrected chi connectivity index (χ0v) is 12.5. The van der Waals surface area contributed by atoms with Crippen molar-refractivity contribution in [3.63, 3.8) is 0 Å². The number of amides is 1. The normalized spacial score (nSPS) is 30.1. The molecular formula is C14H28N2O3. The summed E-state index contributed by atoms with van der Waals surface area (Å²) in [6, 6.07) is -0.116. The summed E-state index contributed by atoms with van der Waals surface area (Å²) < 4.78 is 5.37. The molecule has 0 radical (unpaired) electrons. The van der Waals surface area contributed by atoms with E-state index in [1.165, 1.54) is 0 Å². The third-order valence-electron chi connectivity index (χ3n) is 3.88. The Labute approximate surface area is 116 Å². The molecule has 1 amide bonds. The second-order valence-electron chi connectivity index (χ2n) is 5.67. The van der Waals surface area contributed by atoms with Crippen molar-refractivity contribution in [2.75, 3.05) is 13.2 Å². The Bertz CT molecular complexity index is 298. The van der Waals surface area contributed by atoms with E-state index in [2.05, 4.69) is 17.6 Å². The molecule has 1 fully saturated rings. The molecule has 0 aliphatic carbocycles. The van der Waals surface area contributed by atoms with Gasteiger partial charge in [0.05, 0.1) is 12.1 Å². The summed E-state index contributed by atoms with van der Waals surface area (Å²) in [5, 5.41) is 16.4. The SMILES string of the molecule is CCCC(C)NC(=O)C(C)NCC1(O)CCOC1C. The van der Waals surface area contributed by atoms with Crippen LogP contribution >= 0.6 is 0 Å². The van der Waals surface area contributed by atoms with Gasteiger partial charge in [0, 0.05) is 25.6 Å². The van der Waals surface area contributed by atoms with Crippen LogP contribution in [0.1, 0.15) is 47.0 Å². The summed E-state index contributed by atoms with van der Waals surface area (Å²) in [5.74, 6) is -0.0175. The van der Waals surface area contributed by atoms with Crippen LogP contribution in [0, 0.1) is 0 Å². The van der Waals surface area contributed by atoms with Gasteiger partial charge in [0.1, 0.15) is 5.60 Å². The van der Waals surface area contributed by atoms with Gasteiger partial charge in [-0.05, 0) is 27.2 Å². The van der Waals surface area contributed by atoms with Crippen LogP contribution in [0.4, 0.5) is 0 Å². The zero-order chi connectivity index (χ0) is 14.5. The van der Waals surface area contributed by atoms with E-state index in [1.54, 1.807) is 0 Å². The molecule has 1 rings (SSSR count). The number of carbonyl (C=O) groups excluding carboxylic acids is 1. The number of rotatable bonds is 7. The molecule has 0 aromatic heterocycles. The highest BCUT2D eigenvalue weighted by molar-refractivity contribution is 5.81. The molecule has 3 N–H and O–H groups in total. The van der Waals surface area contributed by atoms with Crippen LogP contribution in [-0.4, -0.2) is 48.0 Å². The van der Waals surface area contributed by atoms with E-state index in [9.17, 15) is 9.90 Å². The molecule has 1 saturated heterocycles. The zero-order valence-electron chi connectivity index (χ0n) is 12.5. The first-order chi connectivity index (χ1) is 8.89. The lowest BCUT2D eigenvalue weighted by Gasteiger charge is -2.28. The summed E-state index contributed by atoms with van der Waals surface area (Å²) in [6.45, 7) is 8.74. The fraction of sp³-hybridized carbons (Fsp3) is 0.929. The monoisotopic (exact) mass is 272 g/mol. The van der Waals surface area contributed by atoms with E-state index in [0.29, 0.717) is 19.6 Å². The maximum atomic E-state index is 11.9. The number of hydrogen-bond acceptors (Lipinski definition) is 4. The average molecular weight is 272 g/mol. The van der Waals surface area contributed by atoms with Gasteiger partial charge >= 0.3 is 0 Å². The molecule has 0 saturated carbocycles. The van der Waals surface area contributed by atoms with E-state index in [1.807, 2.05) is 20.8 Å². The Morgan fingerprint density at radius 2 is 2.21 bits per heavy atom. The van der Waals surface area contributed by atoms with Crippen molar-refractivity contribution < 1.29 is 14.6 Å². The van der Waals surface area contributed by atoms with Crippen molar-refractivity contribution in [3.05, 3.63) is 0 Å². The summed E-state index contributed by atoms with van der Waals surface area (Å²) in [4.78, 5) is 11.9. The Morgan fingerprint density at radius 3 is 2.74 bits per heavy atom. The Morgan fingerprint density at radius 1 is 1.53 bits per heavy atom. The number of carbonyl (C=O) groups is 1. The molecule has 4 unspecified atom stereocenters. The predicted octanol–water partition coefficient (Wildman–Crippen LogP) is 0.809. The molecule has 1 heterocycles. The lowest BCUT2D eigenvalue weighted by atomic mass is 9.96. The first kappa shape index (κ1) is 16.4. The largest absolute Gasteiger partial charge is 0.386 e. The third kappa shape index (κ3) is 4.75. The van der Waals surface area contributed by atoms with Gasteiger partial charge in [-0.3, -0.25) is 4.79 Å². The van der Waals surface area contributed by atoms with Crippen molar-refractivity contribution in [1.29, 1.82) is 0 Å². The lowest BCUT2D eigenvalue weighted by molar-refractivity contribution is -0.123. The molecule has 5 nitrogen and oxygen atoms in total. The second-order valence-corrected chi connectivity index (χ2v) is 5.67. The second kappa shape index (κ2) is 7.22. The van der Waals surface area contributed by atoms with Crippen molar-refractivity contribution in [2.24, 2.45) is 0 Å². The predicted molar refractivity (Wildman–Crippen MR) is 75.0 cm³/mol. The maximum absolute atomic E-state index is 11.9. The van der Waals surface area contributed by atoms with Gasteiger partial charge in [0.25, 0.3) is 0 Å². The Balaban J connectivity index is 2.34. The van der Waals surface area contributed by atoms with E-state index in [0.717, 1.165) is 12.8 Å². The molecule has 0 spiro atoms. The van der Waals surface area contributed by atoms with Crippen LogP contribution in [0.25, 0.3) is 0 Å². The standard InChI is InChI=1S/C14H28N2O3/c1-5-6-10(2)16-13(17)11(3)15-9-14(18)7-8-19-12(14)4/h10-12,15,18H,5-9H2,1-4H3,(H,16,17). The highest BCUT2D eigenvalue weighted by Gasteiger charge is 2.39. The van der Waals surface area contributed by atoms with E-state index < -0.39 is 5.60 Å². The summed E-state index contributed by atoms with van der Waals surface area (Å²) in [6.07, 6.45) is 2.46. The molecule has 0 aromatic carbocycles. The lowest BCUT2D eigenvalue weighted by Crippen LogP contribution is -2.52. The fourth-order valence-electron chi connectivity index (χ4n) is 2.30. The summed E-state index contributed by atoms with van der Waals surface area (Å²) in [7, 11) is 0. The fourth-order valence-corrected chi connectivity index (χ4v) is 2.30. The van der Waals surface area contributed by atoms with Gasteiger partial charge < -0.3 is 20.5 Å². The Hall–Kier alpha value is -0.650. The van der Waals surface area contributed by atoms with E-state index >= 15 is 0 Å². The van der Waals surface area contributed by atoms with Crippen molar-refractivity contribution >= 4 is 5.91 Å². The molecular weight excluding hydrogens is 244 g/mol. The molecule has 1 aliphatic heterocycles. The summed E-state index contributed by atoms with van der Waals surface area (Å²) >= 11 is 0. The highest BCUT2D eigenvalue weighted by atomic mass is 16.5. The van der Waals surface area contributed by atoms with Crippen LogP contribution in [0.3, 0.4) is 0 Å². The van der Waals surface area contributed by atoms with E-state index in [4.69, 9.17) is 4.74 Å².